The number of pyridine rings is 1. The highest BCUT2D eigenvalue weighted by molar-refractivity contribution is 6.67. The lowest BCUT2D eigenvalue weighted by molar-refractivity contribution is 0.107. The van der Waals surface area contributed by atoms with Gasteiger partial charge in [-0.15, -0.1) is 0 Å². The van der Waals surface area contributed by atoms with Gasteiger partial charge in [0.15, 0.2) is 11.4 Å². The molecule has 0 fully saturated rings. The molecule has 1 aromatic rings. The predicted molar refractivity (Wildman–Crippen MR) is 42.7 cm³/mol. The van der Waals surface area contributed by atoms with Gasteiger partial charge in [-0.25, -0.2) is 13.8 Å². The minimum Gasteiger partial charge on any atom is -0.506 e. The molecule has 0 spiro atoms. The number of rotatable bonds is 2. The average molecular weight is 224 g/mol. The van der Waals surface area contributed by atoms with Gasteiger partial charge in [0.25, 0.3) is 11.7 Å². The molecule has 1 aromatic heterocycles. The Hall–Kier alpha value is -1.43. The van der Waals surface area contributed by atoms with Crippen molar-refractivity contribution in [3.63, 3.8) is 0 Å². The van der Waals surface area contributed by atoms with Crippen LogP contribution in [0.2, 0.25) is 0 Å². The van der Waals surface area contributed by atoms with Crippen LogP contribution in [-0.4, -0.2) is 20.4 Å². The molecule has 76 valence electrons. The van der Waals surface area contributed by atoms with E-state index in [4.69, 9.17) is 21.8 Å². The van der Waals surface area contributed by atoms with E-state index in [1.54, 1.807) is 0 Å². The van der Waals surface area contributed by atoms with Crippen LogP contribution in [0.3, 0.4) is 0 Å². The van der Waals surface area contributed by atoms with Gasteiger partial charge in [-0.05, 0) is 11.6 Å². The van der Waals surface area contributed by atoms with Crippen molar-refractivity contribution in [2.75, 3.05) is 0 Å². The molecule has 0 aliphatic heterocycles. The second-order valence-corrected chi connectivity index (χ2v) is 2.67. The minimum atomic E-state index is -3.12. The normalized spacial score (nSPS) is 10.6. The van der Waals surface area contributed by atoms with Gasteiger partial charge in [0, 0.05) is 0 Å². The summed E-state index contributed by atoms with van der Waals surface area (Å²) < 4.78 is 24.5. The highest BCUT2D eigenvalue weighted by Crippen LogP contribution is 2.37. The fourth-order valence-electron chi connectivity index (χ4n) is 0.864. The molecule has 7 heteroatoms. The number of carbonyl (C=O) groups is 1. The van der Waals surface area contributed by atoms with Gasteiger partial charge in [0.2, 0.25) is 0 Å². The van der Waals surface area contributed by atoms with Gasteiger partial charge in [0.1, 0.15) is 11.3 Å². The first-order valence-electron chi connectivity index (χ1n) is 3.34. The number of halogens is 3. The highest BCUT2D eigenvalue weighted by atomic mass is 35.5. The molecule has 0 amide bonds. The summed E-state index contributed by atoms with van der Waals surface area (Å²) >= 11 is 4.95. The highest BCUT2D eigenvalue weighted by Gasteiger charge is 2.24. The maximum Gasteiger partial charge on any atom is 0.274 e. The van der Waals surface area contributed by atoms with Gasteiger partial charge < -0.3 is 10.2 Å². The summed E-state index contributed by atoms with van der Waals surface area (Å²) in [6, 6.07) is 0. The molecule has 0 atom stereocenters. The second-order valence-electron chi connectivity index (χ2n) is 2.33. The number of carbonyl (C=O) groups excluding carboxylic acids is 1. The molecule has 0 saturated heterocycles. The number of hydrogen-bond acceptors (Lipinski definition) is 4. The Morgan fingerprint density at radius 1 is 1.50 bits per heavy atom. The maximum atomic E-state index is 12.2. The van der Waals surface area contributed by atoms with Gasteiger partial charge in [-0.2, -0.15) is 0 Å². The quantitative estimate of drug-likeness (QED) is 0.750. The van der Waals surface area contributed by atoms with Crippen LogP contribution in [0, 0.1) is 0 Å². The third-order valence-electron chi connectivity index (χ3n) is 1.48. The molecule has 1 rings (SSSR count). The fourth-order valence-corrected chi connectivity index (χ4v) is 1.00. The fraction of sp³-hybridized carbons (Fsp3) is 0.143. The molecular weight excluding hydrogens is 220 g/mol. The lowest BCUT2D eigenvalue weighted by atomic mass is 10.2. The second kappa shape index (κ2) is 3.75. The molecule has 0 bridgehead atoms. The van der Waals surface area contributed by atoms with Crippen LogP contribution in [-0.2, 0) is 0 Å². The zero-order valence-corrected chi connectivity index (χ0v) is 7.29. The third-order valence-corrected chi connectivity index (χ3v) is 1.65. The van der Waals surface area contributed by atoms with E-state index in [-0.39, 0.29) is 0 Å². The predicted octanol–water partition coefficient (Wildman–Crippen LogP) is 1.81. The lowest BCUT2D eigenvalue weighted by Crippen LogP contribution is -1.98. The van der Waals surface area contributed by atoms with Crippen molar-refractivity contribution in [2.45, 2.75) is 6.43 Å². The monoisotopic (exact) mass is 223 g/mol. The van der Waals surface area contributed by atoms with E-state index in [9.17, 15) is 13.6 Å². The summed E-state index contributed by atoms with van der Waals surface area (Å²) in [5.41, 5.74) is -1.76. The van der Waals surface area contributed by atoms with Crippen LogP contribution in [0.1, 0.15) is 22.5 Å². The minimum absolute atomic E-state index is 0.622. The smallest absolute Gasteiger partial charge is 0.274 e. The van der Waals surface area contributed by atoms with E-state index in [2.05, 4.69) is 4.98 Å². The van der Waals surface area contributed by atoms with E-state index in [1.807, 2.05) is 0 Å². The number of aromatic nitrogens is 1. The zero-order chi connectivity index (χ0) is 10.9. The van der Waals surface area contributed by atoms with Crippen molar-refractivity contribution in [3.05, 3.63) is 17.5 Å². The Morgan fingerprint density at radius 3 is 2.50 bits per heavy atom. The zero-order valence-electron chi connectivity index (χ0n) is 6.54. The van der Waals surface area contributed by atoms with E-state index in [0.29, 0.717) is 6.20 Å². The molecule has 14 heavy (non-hydrogen) atoms. The lowest BCUT2D eigenvalue weighted by Gasteiger charge is -2.07. The Balaban J connectivity index is 3.41. The van der Waals surface area contributed by atoms with Crippen LogP contribution < -0.4 is 0 Å². The summed E-state index contributed by atoms with van der Waals surface area (Å²) in [6.07, 6.45) is -2.50. The molecule has 0 radical (unpaired) electrons. The Morgan fingerprint density at radius 2 is 2.07 bits per heavy atom. The van der Waals surface area contributed by atoms with Gasteiger partial charge in [0.05, 0.1) is 6.20 Å². The average Bonchev–Trinajstić information content (AvgIpc) is 2.02. The first-order chi connectivity index (χ1) is 6.45. The summed E-state index contributed by atoms with van der Waals surface area (Å²) in [7, 11) is 0. The molecular formula is C7H4ClF2NO3. The SMILES string of the molecule is O=C(Cl)c1ncc(O)c(C(F)F)c1O. The van der Waals surface area contributed by atoms with Gasteiger partial charge in [-0.3, -0.25) is 4.79 Å². The molecule has 0 saturated carbocycles. The Kier molecular flexibility index (Phi) is 2.85. The van der Waals surface area contributed by atoms with Crippen LogP contribution in [0.5, 0.6) is 11.5 Å². The topological polar surface area (TPSA) is 70.4 Å². The number of hydrogen-bond donors (Lipinski definition) is 2. The van der Waals surface area contributed by atoms with Crippen molar-refractivity contribution in [1.82, 2.24) is 4.98 Å². The molecule has 0 aliphatic carbocycles. The van der Waals surface area contributed by atoms with E-state index in [0.717, 1.165) is 0 Å². The number of aromatic hydroxyl groups is 2. The summed E-state index contributed by atoms with van der Waals surface area (Å²) in [5, 5.41) is 16.8. The van der Waals surface area contributed by atoms with Crippen molar-refractivity contribution in [1.29, 1.82) is 0 Å². The van der Waals surface area contributed by atoms with Crippen LogP contribution >= 0.6 is 11.6 Å². The molecule has 0 aromatic carbocycles. The van der Waals surface area contributed by atoms with Crippen LogP contribution in [0.4, 0.5) is 8.78 Å². The molecule has 0 unspecified atom stereocenters. The summed E-state index contributed by atoms with van der Waals surface area (Å²) in [5.74, 6) is -1.99. The van der Waals surface area contributed by atoms with Gasteiger partial charge in [-0.1, -0.05) is 0 Å². The maximum absolute atomic E-state index is 12.2. The molecule has 0 aliphatic rings. The largest absolute Gasteiger partial charge is 0.506 e. The summed E-state index contributed by atoms with van der Waals surface area (Å²) in [6.45, 7) is 0. The number of nitrogens with zero attached hydrogens (tertiary/aromatic N) is 1. The molecule has 4 nitrogen and oxygen atoms in total. The first-order valence-corrected chi connectivity index (χ1v) is 3.71. The van der Waals surface area contributed by atoms with E-state index in [1.165, 1.54) is 0 Å². The van der Waals surface area contributed by atoms with Crippen LogP contribution in [0.15, 0.2) is 6.20 Å². The summed E-state index contributed by atoms with van der Waals surface area (Å²) in [4.78, 5) is 13.8. The third kappa shape index (κ3) is 1.74. The van der Waals surface area contributed by atoms with Crippen molar-refractivity contribution >= 4 is 16.8 Å². The molecule has 1 heterocycles. The standard InChI is InChI=1S/C7H4ClF2NO3/c8-6(14)4-5(13)3(7(9)10)2(12)1-11-4/h1,7,12-13H. The number of alkyl halides is 2. The van der Waals surface area contributed by atoms with E-state index < -0.39 is 34.4 Å². The van der Waals surface area contributed by atoms with Crippen molar-refractivity contribution in [3.8, 4) is 11.5 Å². The first kappa shape index (κ1) is 10.6. The Bertz CT molecular complexity index is 383. The van der Waals surface area contributed by atoms with Gasteiger partial charge >= 0.3 is 0 Å². The van der Waals surface area contributed by atoms with Crippen molar-refractivity contribution in [2.24, 2.45) is 0 Å². The molecule has 2 N–H and O–H groups in total. The van der Waals surface area contributed by atoms with Crippen LogP contribution in [0.25, 0.3) is 0 Å². The Labute approximate surface area is 81.8 Å². The van der Waals surface area contributed by atoms with E-state index >= 15 is 0 Å². The van der Waals surface area contributed by atoms with Crippen molar-refractivity contribution < 1.29 is 23.8 Å².